The van der Waals surface area contributed by atoms with Crippen molar-refractivity contribution in [1.29, 1.82) is 0 Å². The summed E-state index contributed by atoms with van der Waals surface area (Å²) in [5, 5.41) is 11.9. The largest absolute Gasteiger partial charge is 0.396 e. The van der Waals surface area contributed by atoms with Crippen molar-refractivity contribution in [2.75, 3.05) is 26.2 Å². The normalized spacial score (nSPS) is 17.5. The standard InChI is InChI=1S/C13H24N2O3/c1-13(2,10-16)9-14-11(17)8-15-7-5-3-4-6-12(15)18/h16H,3-10H2,1-2H3,(H,14,17). The number of aliphatic hydroxyl groups is 1. The van der Waals surface area contributed by atoms with Crippen molar-refractivity contribution in [3.8, 4) is 0 Å². The van der Waals surface area contributed by atoms with E-state index in [4.69, 9.17) is 5.11 Å². The summed E-state index contributed by atoms with van der Waals surface area (Å²) in [6.45, 7) is 5.02. The zero-order valence-electron chi connectivity index (χ0n) is 11.4. The summed E-state index contributed by atoms with van der Waals surface area (Å²) in [4.78, 5) is 25.1. The first-order valence-electron chi connectivity index (χ1n) is 6.60. The number of likely N-dealkylation sites (tertiary alicyclic amines) is 1. The number of carbonyl (C=O) groups excluding carboxylic acids is 2. The molecule has 0 aromatic carbocycles. The van der Waals surface area contributed by atoms with Crippen LogP contribution in [0.1, 0.15) is 39.5 Å². The van der Waals surface area contributed by atoms with E-state index in [1.54, 1.807) is 4.90 Å². The van der Waals surface area contributed by atoms with E-state index in [0.29, 0.717) is 19.5 Å². The Labute approximate surface area is 109 Å². The summed E-state index contributed by atoms with van der Waals surface area (Å²) in [6.07, 6.45) is 3.51. The SMILES string of the molecule is CC(C)(CO)CNC(=O)CN1CCCCCC1=O. The quantitative estimate of drug-likeness (QED) is 0.753. The highest BCUT2D eigenvalue weighted by Gasteiger charge is 2.21. The summed E-state index contributed by atoms with van der Waals surface area (Å²) in [7, 11) is 0. The molecule has 1 rings (SSSR count). The predicted molar refractivity (Wildman–Crippen MR) is 68.9 cm³/mol. The highest BCUT2D eigenvalue weighted by atomic mass is 16.3. The van der Waals surface area contributed by atoms with Crippen molar-refractivity contribution in [2.24, 2.45) is 5.41 Å². The van der Waals surface area contributed by atoms with Gasteiger partial charge < -0.3 is 15.3 Å². The lowest BCUT2D eigenvalue weighted by Gasteiger charge is -2.24. The van der Waals surface area contributed by atoms with Gasteiger partial charge in [-0.25, -0.2) is 0 Å². The number of hydrogen-bond donors (Lipinski definition) is 2. The number of hydrogen-bond acceptors (Lipinski definition) is 3. The lowest BCUT2D eigenvalue weighted by atomic mass is 9.95. The monoisotopic (exact) mass is 256 g/mol. The molecule has 1 fully saturated rings. The molecule has 0 saturated carbocycles. The van der Waals surface area contributed by atoms with Gasteiger partial charge in [0.05, 0.1) is 6.54 Å². The molecule has 2 amide bonds. The molecule has 0 aromatic rings. The molecular formula is C13H24N2O3. The maximum atomic E-state index is 11.7. The Bertz CT molecular complexity index is 303. The molecular weight excluding hydrogens is 232 g/mol. The molecule has 0 unspecified atom stereocenters. The molecule has 2 N–H and O–H groups in total. The van der Waals surface area contributed by atoms with E-state index in [1.807, 2.05) is 13.8 Å². The van der Waals surface area contributed by atoms with Crippen molar-refractivity contribution in [2.45, 2.75) is 39.5 Å². The van der Waals surface area contributed by atoms with Gasteiger partial charge in [-0.15, -0.1) is 0 Å². The van der Waals surface area contributed by atoms with Gasteiger partial charge in [-0.1, -0.05) is 20.3 Å². The summed E-state index contributed by atoms with van der Waals surface area (Å²) in [5.74, 6) is -0.0733. The number of nitrogens with one attached hydrogen (secondary N) is 1. The van der Waals surface area contributed by atoms with E-state index in [-0.39, 0.29) is 30.4 Å². The van der Waals surface area contributed by atoms with E-state index in [2.05, 4.69) is 5.32 Å². The van der Waals surface area contributed by atoms with E-state index in [9.17, 15) is 9.59 Å². The molecule has 0 bridgehead atoms. The Morgan fingerprint density at radius 1 is 1.39 bits per heavy atom. The Balaban J connectivity index is 2.37. The Morgan fingerprint density at radius 2 is 2.11 bits per heavy atom. The summed E-state index contributed by atoms with van der Waals surface area (Å²) < 4.78 is 0. The molecule has 1 saturated heterocycles. The summed E-state index contributed by atoms with van der Waals surface area (Å²) >= 11 is 0. The molecule has 1 heterocycles. The van der Waals surface area contributed by atoms with Crippen LogP contribution in [-0.4, -0.2) is 48.1 Å². The zero-order valence-corrected chi connectivity index (χ0v) is 11.4. The molecule has 18 heavy (non-hydrogen) atoms. The molecule has 0 aliphatic carbocycles. The van der Waals surface area contributed by atoms with Crippen LogP contribution in [0.2, 0.25) is 0 Å². The van der Waals surface area contributed by atoms with Crippen LogP contribution >= 0.6 is 0 Å². The number of rotatable bonds is 5. The Hall–Kier alpha value is -1.10. The second-order valence-electron chi connectivity index (χ2n) is 5.73. The fourth-order valence-electron chi connectivity index (χ4n) is 1.83. The highest BCUT2D eigenvalue weighted by Crippen LogP contribution is 2.12. The third-order valence-electron chi connectivity index (χ3n) is 3.20. The Kier molecular flexibility index (Phi) is 5.59. The Morgan fingerprint density at radius 3 is 2.78 bits per heavy atom. The smallest absolute Gasteiger partial charge is 0.239 e. The van der Waals surface area contributed by atoms with Crippen LogP contribution in [0.25, 0.3) is 0 Å². The van der Waals surface area contributed by atoms with Crippen LogP contribution in [0.15, 0.2) is 0 Å². The first-order chi connectivity index (χ1) is 8.44. The van der Waals surface area contributed by atoms with Crippen molar-refractivity contribution in [1.82, 2.24) is 10.2 Å². The van der Waals surface area contributed by atoms with Gasteiger partial charge in [0.1, 0.15) is 0 Å². The van der Waals surface area contributed by atoms with Crippen molar-refractivity contribution in [3.63, 3.8) is 0 Å². The van der Waals surface area contributed by atoms with Gasteiger partial charge >= 0.3 is 0 Å². The van der Waals surface area contributed by atoms with Gasteiger partial charge in [0, 0.05) is 31.5 Å². The average Bonchev–Trinajstić information content (AvgIpc) is 2.53. The maximum Gasteiger partial charge on any atom is 0.239 e. The first kappa shape index (κ1) is 15.0. The lowest BCUT2D eigenvalue weighted by Crippen LogP contribution is -2.43. The fraction of sp³-hybridized carbons (Fsp3) is 0.846. The van der Waals surface area contributed by atoms with Gasteiger partial charge in [-0.05, 0) is 12.8 Å². The van der Waals surface area contributed by atoms with Crippen LogP contribution in [0.4, 0.5) is 0 Å². The number of nitrogens with zero attached hydrogens (tertiary/aromatic N) is 1. The van der Waals surface area contributed by atoms with Crippen molar-refractivity contribution < 1.29 is 14.7 Å². The molecule has 0 radical (unpaired) electrons. The molecule has 1 aliphatic rings. The second kappa shape index (κ2) is 6.73. The highest BCUT2D eigenvalue weighted by molar-refractivity contribution is 5.84. The lowest BCUT2D eigenvalue weighted by molar-refractivity contribution is -0.135. The first-order valence-corrected chi connectivity index (χ1v) is 6.60. The van der Waals surface area contributed by atoms with E-state index < -0.39 is 0 Å². The van der Waals surface area contributed by atoms with Gasteiger partial charge in [0.2, 0.25) is 11.8 Å². The predicted octanol–water partition coefficient (Wildman–Crippen LogP) is 0.524. The molecule has 1 aliphatic heterocycles. The van der Waals surface area contributed by atoms with Crippen LogP contribution in [0.5, 0.6) is 0 Å². The van der Waals surface area contributed by atoms with Gasteiger partial charge in [0.15, 0.2) is 0 Å². The minimum Gasteiger partial charge on any atom is -0.396 e. The zero-order chi connectivity index (χ0) is 13.6. The second-order valence-corrected chi connectivity index (χ2v) is 5.73. The third kappa shape index (κ3) is 5.04. The van der Waals surface area contributed by atoms with Crippen LogP contribution in [-0.2, 0) is 9.59 Å². The minimum absolute atomic E-state index is 0.0237. The summed E-state index contributed by atoms with van der Waals surface area (Å²) in [5.41, 5.74) is -0.321. The van der Waals surface area contributed by atoms with Gasteiger partial charge in [0.25, 0.3) is 0 Å². The van der Waals surface area contributed by atoms with Crippen molar-refractivity contribution in [3.05, 3.63) is 0 Å². The molecule has 5 heteroatoms. The maximum absolute atomic E-state index is 11.7. The number of amides is 2. The van der Waals surface area contributed by atoms with Gasteiger partial charge in [-0.3, -0.25) is 9.59 Å². The van der Waals surface area contributed by atoms with E-state index >= 15 is 0 Å². The third-order valence-corrected chi connectivity index (χ3v) is 3.20. The number of aliphatic hydroxyl groups excluding tert-OH is 1. The van der Waals surface area contributed by atoms with Crippen LogP contribution in [0, 0.1) is 5.41 Å². The van der Waals surface area contributed by atoms with Gasteiger partial charge in [-0.2, -0.15) is 0 Å². The molecule has 0 atom stereocenters. The molecule has 0 spiro atoms. The van der Waals surface area contributed by atoms with Crippen LogP contribution in [0.3, 0.4) is 0 Å². The summed E-state index contributed by atoms with van der Waals surface area (Å²) in [6, 6.07) is 0. The van der Waals surface area contributed by atoms with E-state index in [0.717, 1.165) is 19.3 Å². The molecule has 5 nitrogen and oxygen atoms in total. The van der Waals surface area contributed by atoms with Crippen LogP contribution < -0.4 is 5.32 Å². The number of carbonyl (C=O) groups is 2. The molecule has 104 valence electrons. The van der Waals surface area contributed by atoms with Crippen molar-refractivity contribution >= 4 is 11.8 Å². The average molecular weight is 256 g/mol. The molecule has 0 aromatic heterocycles. The minimum atomic E-state index is -0.321. The van der Waals surface area contributed by atoms with E-state index in [1.165, 1.54) is 0 Å². The topological polar surface area (TPSA) is 69.6 Å². The fourth-order valence-corrected chi connectivity index (χ4v) is 1.83.